The fourth-order valence-corrected chi connectivity index (χ4v) is 2.64. The van der Waals surface area contributed by atoms with E-state index in [9.17, 15) is 4.79 Å². The lowest BCUT2D eigenvalue weighted by atomic mass is 9.94. The first-order valence-electron chi connectivity index (χ1n) is 8.12. The molecule has 0 aromatic carbocycles. The predicted octanol–water partition coefficient (Wildman–Crippen LogP) is 2.28. The molecule has 0 saturated carbocycles. The van der Waals surface area contributed by atoms with Crippen LogP contribution < -0.4 is 5.32 Å². The molecule has 1 saturated heterocycles. The summed E-state index contributed by atoms with van der Waals surface area (Å²) in [6.07, 6.45) is 3.90. The van der Waals surface area contributed by atoms with Gasteiger partial charge in [0.2, 0.25) is 0 Å². The first-order chi connectivity index (χ1) is 9.98. The number of rotatable bonds is 10. The van der Waals surface area contributed by atoms with Crippen LogP contribution in [0.4, 0.5) is 0 Å². The molecule has 5 heteroatoms. The fraction of sp³-hybridized carbons (Fsp3) is 0.938. The van der Waals surface area contributed by atoms with E-state index in [2.05, 4.69) is 5.32 Å². The van der Waals surface area contributed by atoms with Crippen LogP contribution in [0.25, 0.3) is 0 Å². The Labute approximate surface area is 128 Å². The summed E-state index contributed by atoms with van der Waals surface area (Å²) in [5.74, 6) is -0.163. The second-order valence-corrected chi connectivity index (χ2v) is 6.17. The summed E-state index contributed by atoms with van der Waals surface area (Å²) in [5.41, 5.74) is -0.610. The maximum absolute atomic E-state index is 12.1. The third kappa shape index (κ3) is 6.76. The summed E-state index contributed by atoms with van der Waals surface area (Å²) in [4.78, 5) is 12.1. The van der Waals surface area contributed by atoms with E-state index in [1.807, 2.05) is 27.7 Å². The molecule has 2 atom stereocenters. The molecule has 0 aliphatic carbocycles. The Kier molecular flexibility index (Phi) is 8.22. The van der Waals surface area contributed by atoms with E-state index in [0.29, 0.717) is 6.61 Å². The van der Waals surface area contributed by atoms with Gasteiger partial charge in [-0.3, -0.25) is 10.1 Å². The molecular formula is C16H31NO4. The van der Waals surface area contributed by atoms with Gasteiger partial charge in [-0.25, -0.2) is 0 Å². The van der Waals surface area contributed by atoms with Gasteiger partial charge in [0.05, 0.1) is 19.3 Å². The van der Waals surface area contributed by atoms with Crippen LogP contribution in [0.15, 0.2) is 0 Å². The summed E-state index contributed by atoms with van der Waals surface area (Å²) in [7, 11) is 0. The SMILES string of the molecule is CCOC(=O)C(C)(CCCCOC1CCOC1)NC(C)C. The van der Waals surface area contributed by atoms with Crippen molar-refractivity contribution in [3.63, 3.8) is 0 Å². The molecule has 5 nitrogen and oxygen atoms in total. The monoisotopic (exact) mass is 301 g/mol. The standard InChI is InChI=1S/C16H31NO4/c1-5-20-15(18)16(4,17-13(2)3)9-6-7-10-21-14-8-11-19-12-14/h13-14,17H,5-12H2,1-4H3. The lowest BCUT2D eigenvalue weighted by molar-refractivity contribution is -0.151. The van der Waals surface area contributed by atoms with Gasteiger partial charge in [0, 0.05) is 19.3 Å². The first-order valence-corrected chi connectivity index (χ1v) is 8.12. The van der Waals surface area contributed by atoms with E-state index in [1.165, 1.54) is 0 Å². The van der Waals surface area contributed by atoms with Gasteiger partial charge in [-0.15, -0.1) is 0 Å². The zero-order chi connectivity index (χ0) is 15.7. The van der Waals surface area contributed by atoms with Gasteiger partial charge >= 0.3 is 5.97 Å². The van der Waals surface area contributed by atoms with E-state index in [-0.39, 0.29) is 18.1 Å². The van der Waals surface area contributed by atoms with Crippen LogP contribution >= 0.6 is 0 Å². The largest absolute Gasteiger partial charge is 0.465 e. The highest BCUT2D eigenvalue weighted by Gasteiger charge is 2.34. The van der Waals surface area contributed by atoms with Crippen molar-refractivity contribution in [2.45, 2.75) is 71.1 Å². The van der Waals surface area contributed by atoms with E-state index < -0.39 is 5.54 Å². The van der Waals surface area contributed by atoms with Crippen LogP contribution in [0, 0.1) is 0 Å². The van der Waals surface area contributed by atoms with Crippen LogP contribution in [-0.4, -0.2) is 50.1 Å². The molecule has 2 unspecified atom stereocenters. The number of unbranched alkanes of at least 4 members (excludes halogenated alkanes) is 1. The lowest BCUT2D eigenvalue weighted by Crippen LogP contribution is -2.53. The smallest absolute Gasteiger partial charge is 0.326 e. The third-order valence-electron chi connectivity index (χ3n) is 3.65. The topological polar surface area (TPSA) is 56.8 Å². The summed E-state index contributed by atoms with van der Waals surface area (Å²) in [6, 6.07) is 0.242. The maximum atomic E-state index is 12.1. The minimum absolute atomic E-state index is 0.163. The van der Waals surface area contributed by atoms with Crippen molar-refractivity contribution in [2.24, 2.45) is 0 Å². The Bertz CT molecular complexity index is 303. The average molecular weight is 301 g/mol. The number of carbonyl (C=O) groups excluding carboxylic acids is 1. The molecule has 0 aromatic rings. The minimum Gasteiger partial charge on any atom is -0.465 e. The van der Waals surface area contributed by atoms with Gasteiger partial charge in [0.25, 0.3) is 0 Å². The van der Waals surface area contributed by atoms with E-state index in [4.69, 9.17) is 14.2 Å². The average Bonchev–Trinajstić information content (AvgIpc) is 2.91. The highest BCUT2D eigenvalue weighted by atomic mass is 16.5. The number of esters is 1. The van der Waals surface area contributed by atoms with Gasteiger partial charge in [-0.2, -0.15) is 0 Å². The van der Waals surface area contributed by atoms with Crippen molar-refractivity contribution in [1.29, 1.82) is 0 Å². The van der Waals surface area contributed by atoms with Gasteiger partial charge in [0.15, 0.2) is 0 Å². The van der Waals surface area contributed by atoms with Crippen LogP contribution in [0.2, 0.25) is 0 Å². The molecule has 0 bridgehead atoms. The normalized spacial score (nSPS) is 21.5. The second kappa shape index (κ2) is 9.38. The molecule has 1 fully saturated rings. The van der Waals surface area contributed by atoms with Gasteiger partial charge in [0.1, 0.15) is 5.54 Å². The Morgan fingerprint density at radius 3 is 2.76 bits per heavy atom. The molecule has 0 radical (unpaired) electrons. The zero-order valence-corrected chi connectivity index (χ0v) is 13.9. The Hall–Kier alpha value is -0.650. The number of nitrogens with one attached hydrogen (secondary N) is 1. The maximum Gasteiger partial charge on any atom is 0.326 e. The Balaban J connectivity index is 2.29. The van der Waals surface area contributed by atoms with Crippen molar-refractivity contribution < 1.29 is 19.0 Å². The molecule has 124 valence electrons. The lowest BCUT2D eigenvalue weighted by Gasteiger charge is -2.30. The number of ether oxygens (including phenoxy) is 3. The molecule has 0 aromatic heterocycles. The van der Waals surface area contributed by atoms with Gasteiger partial charge in [-0.1, -0.05) is 0 Å². The van der Waals surface area contributed by atoms with Gasteiger partial charge < -0.3 is 14.2 Å². The molecule has 1 heterocycles. The second-order valence-electron chi connectivity index (χ2n) is 6.17. The Morgan fingerprint density at radius 1 is 1.43 bits per heavy atom. The number of hydrogen-bond acceptors (Lipinski definition) is 5. The van der Waals surface area contributed by atoms with Crippen LogP contribution in [0.1, 0.15) is 53.4 Å². The molecule has 0 amide bonds. The predicted molar refractivity (Wildman–Crippen MR) is 82.3 cm³/mol. The summed E-state index contributed by atoms with van der Waals surface area (Å²) >= 11 is 0. The number of carbonyl (C=O) groups is 1. The fourth-order valence-electron chi connectivity index (χ4n) is 2.64. The molecule has 1 aliphatic heterocycles. The molecule has 1 aliphatic rings. The van der Waals surface area contributed by atoms with Crippen molar-refractivity contribution in [1.82, 2.24) is 5.32 Å². The van der Waals surface area contributed by atoms with Gasteiger partial charge in [-0.05, 0) is 53.4 Å². The van der Waals surface area contributed by atoms with Crippen LogP contribution in [-0.2, 0) is 19.0 Å². The van der Waals surface area contributed by atoms with Crippen molar-refractivity contribution in [3.05, 3.63) is 0 Å². The molecule has 21 heavy (non-hydrogen) atoms. The third-order valence-corrected chi connectivity index (χ3v) is 3.65. The molecular weight excluding hydrogens is 270 g/mol. The van der Waals surface area contributed by atoms with E-state index in [0.717, 1.165) is 45.5 Å². The molecule has 0 spiro atoms. The highest BCUT2D eigenvalue weighted by Crippen LogP contribution is 2.18. The van der Waals surface area contributed by atoms with Crippen molar-refractivity contribution >= 4 is 5.97 Å². The molecule has 1 rings (SSSR count). The van der Waals surface area contributed by atoms with Crippen molar-refractivity contribution in [2.75, 3.05) is 26.4 Å². The molecule has 1 N–H and O–H groups in total. The zero-order valence-electron chi connectivity index (χ0n) is 13.9. The Morgan fingerprint density at radius 2 is 2.19 bits per heavy atom. The summed E-state index contributed by atoms with van der Waals surface area (Å²) < 4.78 is 16.2. The minimum atomic E-state index is -0.610. The van der Waals surface area contributed by atoms with E-state index in [1.54, 1.807) is 0 Å². The number of hydrogen-bond donors (Lipinski definition) is 1. The quantitative estimate of drug-likeness (QED) is 0.495. The highest BCUT2D eigenvalue weighted by molar-refractivity contribution is 5.80. The summed E-state index contributed by atoms with van der Waals surface area (Å²) in [5, 5.41) is 3.34. The first kappa shape index (κ1) is 18.4. The van der Waals surface area contributed by atoms with Crippen LogP contribution in [0.5, 0.6) is 0 Å². The van der Waals surface area contributed by atoms with Crippen molar-refractivity contribution in [3.8, 4) is 0 Å². The van der Waals surface area contributed by atoms with E-state index >= 15 is 0 Å². The van der Waals surface area contributed by atoms with Crippen LogP contribution in [0.3, 0.4) is 0 Å². The summed E-state index contributed by atoms with van der Waals surface area (Å²) in [6.45, 7) is 10.5.